The molecule has 2 rings (SSSR count). The minimum Gasteiger partial charge on any atom is -0.483 e. The van der Waals surface area contributed by atoms with Gasteiger partial charge in [-0.15, -0.1) is 0 Å². The molecule has 0 aromatic heterocycles. The van der Waals surface area contributed by atoms with E-state index >= 15 is 0 Å². The van der Waals surface area contributed by atoms with Crippen LogP contribution in [0, 0.1) is 0 Å². The molecule has 0 radical (unpaired) electrons. The Hall–Kier alpha value is -1.75. The number of hydrogen-bond donors (Lipinski definition) is 1. The molecule has 1 fully saturated rings. The van der Waals surface area contributed by atoms with Gasteiger partial charge in [-0.2, -0.15) is 0 Å². The summed E-state index contributed by atoms with van der Waals surface area (Å²) in [6.45, 7) is 1.42. The summed E-state index contributed by atoms with van der Waals surface area (Å²) in [4.78, 5) is 25.0. The van der Waals surface area contributed by atoms with Gasteiger partial charge in [-0.05, 0) is 37.5 Å². The van der Waals surface area contributed by atoms with Crippen molar-refractivity contribution in [2.45, 2.75) is 19.3 Å². The Balaban J connectivity index is 2.01. The minimum absolute atomic E-state index is 0.0832. The van der Waals surface area contributed by atoms with E-state index in [0.717, 1.165) is 32.4 Å². The molecule has 5 nitrogen and oxygen atoms in total. The molecule has 0 saturated carbocycles. The molecule has 1 aliphatic heterocycles. The molecule has 0 bridgehead atoms. The van der Waals surface area contributed by atoms with Gasteiger partial charge in [-0.1, -0.05) is 11.6 Å². The number of piperidine rings is 1. The van der Waals surface area contributed by atoms with E-state index in [9.17, 15) is 9.59 Å². The number of rotatable bonds is 4. The summed E-state index contributed by atoms with van der Waals surface area (Å²) in [7, 11) is 0. The predicted molar refractivity (Wildman–Crippen MR) is 75.9 cm³/mol. The first kappa shape index (κ1) is 14.7. The van der Waals surface area contributed by atoms with Crippen molar-refractivity contribution in [2.75, 3.05) is 19.7 Å². The highest BCUT2D eigenvalue weighted by Gasteiger charge is 2.18. The molecule has 1 aromatic carbocycles. The third kappa shape index (κ3) is 3.63. The van der Waals surface area contributed by atoms with Crippen LogP contribution in [0.25, 0.3) is 0 Å². The fraction of sp³-hybridized carbons (Fsp3) is 0.429. The fourth-order valence-corrected chi connectivity index (χ4v) is 2.36. The Labute approximate surface area is 122 Å². The number of carbonyl (C=O) groups is 2. The summed E-state index contributed by atoms with van der Waals surface area (Å²) in [5, 5.41) is 0.426. The smallest absolute Gasteiger partial charge is 0.260 e. The van der Waals surface area contributed by atoms with Crippen LogP contribution in [0.1, 0.15) is 29.6 Å². The first-order chi connectivity index (χ1) is 9.58. The average molecular weight is 297 g/mol. The molecule has 2 N–H and O–H groups in total. The molecule has 1 aromatic rings. The lowest BCUT2D eigenvalue weighted by Gasteiger charge is -2.26. The number of halogens is 1. The molecule has 0 atom stereocenters. The number of carbonyl (C=O) groups excluding carboxylic acids is 2. The highest BCUT2D eigenvalue weighted by Crippen LogP contribution is 2.23. The summed E-state index contributed by atoms with van der Waals surface area (Å²) in [5.41, 5.74) is 5.48. The minimum atomic E-state index is -0.609. The molecule has 108 valence electrons. The van der Waals surface area contributed by atoms with Crippen LogP contribution >= 0.6 is 11.6 Å². The van der Waals surface area contributed by atoms with E-state index in [1.54, 1.807) is 11.0 Å². The van der Waals surface area contributed by atoms with Crippen molar-refractivity contribution in [3.63, 3.8) is 0 Å². The molecule has 2 amide bonds. The standard InChI is InChI=1S/C14H17ClN2O3/c15-10-4-5-11(14(16)19)12(8-10)20-9-13(18)17-6-2-1-3-7-17/h4-5,8H,1-3,6-7,9H2,(H2,16,19). The van der Waals surface area contributed by atoms with E-state index < -0.39 is 5.91 Å². The van der Waals surface area contributed by atoms with E-state index in [4.69, 9.17) is 22.1 Å². The molecule has 20 heavy (non-hydrogen) atoms. The van der Waals surface area contributed by atoms with Gasteiger partial charge in [0.2, 0.25) is 0 Å². The quantitative estimate of drug-likeness (QED) is 0.921. The molecule has 0 aliphatic carbocycles. The summed E-state index contributed by atoms with van der Waals surface area (Å²) < 4.78 is 5.42. The Morgan fingerprint density at radius 3 is 2.60 bits per heavy atom. The number of primary amides is 1. The van der Waals surface area contributed by atoms with Crippen molar-refractivity contribution in [3.05, 3.63) is 28.8 Å². The van der Waals surface area contributed by atoms with Crippen molar-refractivity contribution in [3.8, 4) is 5.75 Å². The van der Waals surface area contributed by atoms with Gasteiger partial charge >= 0.3 is 0 Å². The monoisotopic (exact) mass is 296 g/mol. The van der Waals surface area contributed by atoms with Crippen LogP contribution in [0.5, 0.6) is 5.75 Å². The second-order valence-corrected chi connectivity index (χ2v) is 5.17. The third-order valence-electron chi connectivity index (χ3n) is 3.27. The fourth-order valence-electron chi connectivity index (χ4n) is 2.19. The Morgan fingerprint density at radius 1 is 1.25 bits per heavy atom. The maximum absolute atomic E-state index is 12.0. The van der Waals surface area contributed by atoms with Gasteiger partial charge in [0.05, 0.1) is 5.56 Å². The lowest BCUT2D eigenvalue weighted by Crippen LogP contribution is -2.38. The van der Waals surface area contributed by atoms with Crippen molar-refractivity contribution in [2.24, 2.45) is 5.73 Å². The zero-order valence-corrected chi connectivity index (χ0v) is 11.9. The van der Waals surface area contributed by atoms with Crippen molar-refractivity contribution >= 4 is 23.4 Å². The van der Waals surface area contributed by atoms with Crippen molar-refractivity contribution < 1.29 is 14.3 Å². The van der Waals surface area contributed by atoms with Crippen LogP contribution in [0.3, 0.4) is 0 Å². The number of hydrogen-bond acceptors (Lipinski definition) is 3. The lowest BCUT2D eigenvalue weighted by atomic mass is 10.1. The SMILES string of the molecule is NC(=O)c1ccc(Cl)cc1OCC(=O)N1CCCCC1. The molecule has 1 saturated heterocycles. The van der Waals surface area contributed by atoms with E-state index in [-0.39, 0.29) is 23.8 Å². The van der Waals surface area contributed by atoms with Gasteiger partial charge in [-0.25, -0.2) is 0 Å². The van der Waals surface area contributed by atoms with Gasteiger partial charge < -0.3 is 15.4 Å². The summed E-state index contributed by atoms with van der Waals surface area (Å²) in [6, 6.07) is 4.54. The molecular formula is C14H17ClN2O3. The molecule has 0 spiro atoms. The van der Waals surface area contributed by atoms with E-state index in [1.165, 1.54) is 12.1 Å². The predicted octanol–water partition coefficient (Wildman–Crippen LogP) is 1.83. The zero-order chi connectivity index (χ0) is 14.5. The van der Waals surface area contributed by atoms with Gasteiger partial charge in [0.15, 0.2) is 6.61 Å². The first-order valence-corrected chi connectivity index (χ1v) is 6.95. The zero-order valence-electron chi connectivity index (χ0n) is 11.1. The number of ether oxygens (including phenoxy) is 1. The Morgan fingerprint density at radius 2 is 1.95 bits per heavy atom. The van der Waals surface area contributed by atoms with Crippen LogP contribution in [-0.2, 0) is 4.79 Å². The molecule has 1 heterocycles. The van der Waals surface area contributed by atoms with Gasteiger partial charge in [-0.3, -0.25) is 9.59 Å². The molecule has 1 aliphatic rings. The van der Waals surface area contributed by atoms with E-state index in [0.29, 0.717) is 5.02 Å². The second kappa shape index (κ2) is 6.61. The number of benzene rings is 1. The van der Waals surface area contributed by atoms with Crippen LogP contribution in [0.4, 0.5) is 0 Å². The maximum atomic E-state index is 12.0. The Bertz CT molecular complexity index is 513. The van der Waals surface area contributed by atoms with E-state index in [1.807, 2.05) is 0 Å². The van der Waals surface area contributed by atoms with Gasteiger partial charge in [0.1, 0.15) is 5.75 Å². The van der Waals surface area contributed by atoms with Crippen LogP contribution < -0.4 is 10.5 Å². The number of amides is 2. The molecule has 0 unspecified atom stereocenters. The summed E-state index contributed by atoms with van der Waals surface area (Å²) in [5.74, 6) is -0.447. The number of likely N-dealkylation sites (tertiary alicyclic amines) is 1. The summed E-state index contributed by atoms with van der Waals surface area (Å²) >= 11 is 5.86. The lowest BCUT2D eigenvalue weighted by molar-refractivity contribution is -0.134. The first-order valence-electron chi connectivity index (χ1n) is 6.58. The highest BCUT2D eigenvalue weighted by molar-refractivity contribution is 6.30. The van der Waals surface area contributed by atoms with Gasteiger partial charge in [0, 0.05) is 18.1 Å². The molecular weight excluding hydrogens is 280 g/mol. The van der Waals surface area contributed by atoms with Gasteiger partial charge in [0.25, 0.3) is 11.8 Å². The Kier molecular flexibility index (Phi) is 4.84. The maximum Gasteiger partial charge on any atom is 0.260 e. The van der Waals surface area contributed by atoms with Crippen molar-refractivity contribution in [1.82, 2.24) is 4.90 Å². The van der Waals surface area contributed by atoms with Crippen LogP contribution in [-0.4, -0.2) is 36.4 Å². The average Bonchev–Trinajstić information content (AvgIpc) is 2.45. The summed E-state index contributed by atoms with van der Waals surface area (Å²) in [6.07, 6.45) is 3.20. The second-order valence-electron chi connectivity index (χ2n) is 4.73. The third-order valence-corrected chi connectivity index (χ3v) is 3.50. The topological polar surface area (TPSA) is 72.6 Å². The number of nitrogens with two attached hydrogens (primary N) is 1. The van der Waals surface area contributed by atoms with Crippen molar-refractivity contribution in [1.29, 1.82) is 0 Å². The molecule has 6 heteroatoms. The van der Waals surface area contributed by atoms with Crippen LogP contribution in [0.15, 0.2) is 18.2 Å². The number of nitrogens with zero attached hydrogens (tertiary/aromatic N) is 1. The highest BCUT2D eigenvalue weighted by atomic mass is 35.5. The van der Waals surface area contributed by atoms with Crippen LogP contribution in [0.2, 0.25) is 5.02 Å². The van der Waals surface area contributed by atoms with E-state index in [2.05, 4.69) is 0 Å². The largest absolute Gasteiger partial charge is 0.483 e. The normalized spacial score (nSPS) is 14.9.